The van der Waals surface area contributed by atoms with Gasteiger partial charge in [-0.25, -0.2) is 0 Å². The Kier molecular flexibility index (Phi) is 7.28. The number of ether oxygens (including phenoxy) is 1. The van der Waals surface area contributed by atoms with Crippen LogP contribution >= 0.6 is 0 Å². The number of carbonyl (C=O) groups is 1. The zero-order valence-corrected chi connectivity index (χ0v) is 12.0. The first-order valence-electron chi connectivity index (χ1n) is 7.14. The molecular weight excluding hydrogens is 228 g/mol. The first-order valence-corrected chi connectivity index (χ1v) is 7.14. The summed E-state index contributed by atoms with van der Waals surface area (Å²) in [6.45, 7) is 6.58. The van der Waals surface area contributed by atoms with E-state index in [2.05, 4.69) is 24.5 Å². The quantitative estimate of drug-likeness (QED) is 0.680. The van der Waals surface area contributed by atoms with E-state index in [0.29, 0.717) is 25.6 Å². The molecule has 1 fully saturated rings. The van der Waals surface area contributed by atoms with Crippen molar-refractivity contribution in [1.29, 1.82) is 0 Å². The Morgan fingerprint density at radius 3 is 2.50 bits per heavy atom. The van der Waals surface area contributed by atoms with E-state index in [1.54, 1.807) is 7.11 Å². The monoisotopic (exact) mass is 256 g/mol. The number of nitrogens with one attached hydrogen (secondary N) is 2. The predicted octanol–water partition coefficient (Wildman–Crippen LogP) is 1.55. The van der Waals surface area contributed by atoms with E-state index in [4.69, 9.17) is 4.74 Å². The molecule has 2 atom stereocenters. The first kappa shape index (κ1) is 15.4. The van der Waals surface area contributed by atoms with Crippen LogP contribution in [0.25, 0.3) is 0 Å². The lowest BCUT2D eigenvalue weighted by atomic mass is 9.79. The van der Waals surface area contributed by atoms with Gasteiger partial charge >= 0.3 is 0 Å². The van der Waals surface area contributed by atoms with E-state index >= 15 is 0 Å². The van der Waals surface area contributed by atoms with Crippen molar-refractivity contribution in [3.8, 4) is 0 Å². The van der Waals surface area contributed by atoms with Gasteiger partial charge in [0.25, 0.3) is 0 Å². The van der Waals surface area contributed by atoms with Crippen molar-refractivity contribution in [3.63, 3.8) is 0 Å². The van der Waals surface area contributed by atoms with Gasteiger partial charge in [0, 0.05) is 32.7 Å². The molecule has 2 N–H and O–H groups in total. The van der Waals surface area contributed by atoms with Crippen LogP contribution in [0, 0.1) is 11.8 Å². The van der Waals surface area contributed by atoms with Gasteiger partial charge in [0.15, 0.2) is 0 Å². The van der Waals surface area contributed by atoms with E-state index in [-0.39, 0.29) is 5.91 Å². The number of amides is 1. The highest BCUT2D eigenvalue weighted by Gasteiger charge is 2.26. The van der Waals surface area contributed by atoms with E-state index in [1.165, 1.54) is 19.3 Å². The summed E-state index contributed by atoms with van der Waals surface area (Å²) in [7, 11) is 1.64. The second-order valence-electron chi connectivity index (χ2n) is 5.46. The summed E-state index contributed by atoms with van der Waals surface area (Å²) < 4.78 is 4.89. The van der Waals surface area contributed by atoms with Gasteiger partial charge in [-0.05, 0) is 24.7 Å². The molecule has 2 unspecified atom stereocenters. The molecule has 0 radical (unpaired) electrons. The number of methoxy groups -OCH3 is 1. The molecule has 0 aromatic heterocycles. The van der Waals surface area contributed by atoms with Crippen molar-refractivity contribution in [2.24, 2.45) is 11.8 Å². The van der Waals surface area contributed by atoms with Crippen molar-refractivity contribution in [2.45, 2.75) is 45.6 Å². The van der Waals surface area contributed by atoms with Crippen molar-refractivity contribution in [3.05, 3.63) is 0 Å². The van der Waals surface area contributed by atoms with Crippen molar-refractivity contribution < 1.29 is 9.53 Å². The third-order valence-corrected chi connectivity index (χ3v) is 3.91. The highest BCUT2D eigenvalue weighted by Crippen LogP contribution is 2.28. The van der Waals surface area contributed by atoms with Crippen molar-refractivity contribution in [1.82, 2.24) is 10.6 Å². The van der Waals surface area contributed by atoms with Crippen molar-refractivity contribution >= 4 is 5.91 Å². The van der Waals surface area contributed by atoms with Crippen LogP contribution in [0.3, 0.4) is 0 Å². The standard InChI is InChI=1S/C14H28N2O2/c1-11-5-4-6-12(2)14(11)16-8-7-13(17)15-9-10-18-3/h11-12,14,16H,4-10H2,1-3H3,(H,15,17). The third-order valence-electron chi connectivity index (χ3n) is 3.91. The molecule has 0 bridgehead atoms. The Morgan fingerprint density at radius 1 is 1.22 bits per heavy atom. The molecule has 0 heterocycles. The highest BCUT2D eigenvalue weighted by molar-refractivity contribution is 5.76. The fraction of sp³-hybridized carbons (Fsp3) is 0.929. The minimum Gasteiger partial charge on any atom is -0.383 e. The molecule has 1 saturated carbocycles. The summed E-state index contributed by atoms with van der Waals surface area (Å²) in [5.74, 6) is 1.56. The van der Waals surface area contributed by atoms with E-state index in [1.807, 2.05) is 0 Å². The van der Waals surface area contributed by atoms with Gasteiger partial charge in [-0.1, -0.05) is 20.3 Å². The zero-order chi connectivity index (χ0) is 13.4. The largest absolute Gasteiger partial charge is 0.383 e. The average molecular weight is 256 g/mol. The molecule has 106 valence electrons. The fourth-order valence-electron chi connectivity index (χ4n) is 2.82. The van der Waals surface area contributed by atoms with Crippen molar-refractivity contribution in [2.75, 3.05) is 26.8 Å². The van der Waals surface area contributed by atoms with Crippen LogP contribution in [0.2, 0.25) is 0 Å². The molecule has 4 nitrogen and oxygen atoms in total. The molecule has 0 aromatic rings. The lowest BCUT2D eigenvalue weighted by molar-refractivity contribution is -0.121. The smallest absolute Gasteiger partial charge is 0.221 e. The first-order chi connectivity index (χ1) is 8.65. The van der Waals surface area contributed by atoms with Crippen LogP contribution in [0.4, 0.5) is 0 Å². The molecule has 1 rings (SSSR count). The lowest BCUT2D eigenvalue weighted by Gasteiger charge is -2.35. The van der Waals surface area contributed by atoms with E-state index < -0.39 is 0 Å². The van der Waals surface area contributed by atoms with Gasteiger partial charge in [-0.3, -0.25) is 4.79 Å². The molecule has 18 heavy (non-hydrogen) atoms. The SMILES string of the molecule is COCCNC(=O)CCNC1C(C)CCCC1C. The molecule has 0 spiro atoms. The Balaban J connectivity index is 2.14. The van der Waals surface area contributed by atoms with Crippen LogP contribution < -0.4 is 10.6 Å². The molecule has 1 aliphatic carbocycles. The zero-order valence-electron chi connectivity index (χ0n) is 12.0. The minimum atomic E-state index is 0.107. The summed E-state index contributed by atoms with van der Waals surface area (Å²) in [5, 5.41) is 6.39. The maximum absolute atomic E-state index is 11.5. The molecule has 1 aliphatic rings. The molecule has 0 aromatic carbocycles. The average Bonchev–Trinajstić information content (AvgIpc) is 2.33. The van der Waals surface area contributed by atoms with E-state index in [9.17, 15) is 4.79 Å². The number of hydrogen-bond acceptors (Lipinski definition) is 3. The topological polar surface area (TPSA) is 50.4 Å². The molecule has 0 aliphatic heterocycles. The highest BCUT2D eigenvalue weighted by atomic mass is 16.5. The maximum Gasteiger partial charge on any atom is 0.221 e. The summed E-state index contributed by atoms with van der Waals surface area (Å²) in [4.78, 5) is 11.5. The number of hydrogen-bond donors (Lipinski definition) is 2. The summed E-state index contributed by atoms with van der Waals surface area (Å²) in [6.07, 6.45) is 4.52. The van der Waals surface area contributed by atoms with Crippen LogP contribution in [-0.4, -0.2) is 38.8 Å². The van der Waals surface area contributed by atoms with Gasteiger partial charge < -0.3 is 15.4 Å². The number of rotatable bonds is 7. The second-order valence-corrected chi connectivity index (χ2v) is 5.46. The van der Waals surface area contributed by atoms with Crippen LogP contribution in [0.1, 0.15) is 39.5 Å². The van der Waals surface area contributed by atoms with Gasteiger partial charge in [0.1, 0.15) is 0 Å². The van der Waals surface area contributed by atoms with Gasteiger partial charge in [-0.15, -0.1) is 0 Å². The van der Waals surface area contributed by atoms with Gasteiger partial charge in [0.2, 0.25) is 5.91 Å². The Morgan fingerprint density at radius 2 is 1.89 bits per heavy atom. The maximum atomic E-state index is 11.5. The summed E-state index contributed by atoms with van der Waals surface area (Å²) >= 11 is 0. The normalized spacial score (nSPS) is 28.1. The fourth-order valence-corrected chi connectivity index (χ4v) is 2.82. The Hall–Kier alpha value is -0.610. The van der Waals surface area contributed by atoms with Crippen LogP contribution in [-0.2, 0) is 9.53 Å². The van der Waals surface area contributed by atoms with Crippen LogP contribution in [0.5, 0.6) is 0 Å². The third kappa shape index (κ3) is 5.36. The Labute approximate surface area is 111 Å². The van der Waals surface area contributed by atoms with Gasteiger partial charge in [0.05, 0.1) is 6.61 Å². The molecule has 1 amide bonds. The van der Waals surface area contributed by atoms with Gasteiger partial charge in [-0.2, -0.15) is 0 Å². The van der Waals surface area contributed by atoms with E-state index in [0.717, 1.165) is 18.4 Å². The summed E-state index contributed by atoms with van der Waals surface area (Å²) in [6, 6.07) is 0.575. The Bertz CT molecular complexity index is 236. The number of carbonyl (C=O) groups excluding carboxylic acids is 1. The second kappa shape index (κ2) is 8.48. The molecule has 0 saturated heterocycles. The molecular formula is C14H28N2O2. The lowest BCUT2D eigenvalue weighted by Crippen LogP contribution is -2.44. The summed E-state index contributed by atoms with van der Waals surface area (Å²) in [5.41, 5.74) is 0. The van der Waals surface area contributed by atoms with Crippen LogP contribution in [0.15, 0.2) is 0 Å². The minimum absolute atomic E-state index is 0.107. The molecule has 4 heteroatoms. The predicted molar refractivity (Wildman–Crippen MR) is 73.5 cm³/mol.